The van der Waals surface area contributed by atoms with Crippen molar-refractivity contribution in [3.63, 3.8) is 0 Å². The maximum Gasteiger partial charge on any atom is 0.327 e. The van der Waals surface area contributed by atoms with E-state index in [-0.39, 0.29) is 11.8 Å². The molecule has 194 valence electrons. The Morgan fingerprint density at radius 1 is 1.14 bits per heavy atom. The van der Waals surface area contributed by atoms with Crippen molar-refractivity contribution < 1.29 is 19.5 Å². The standard InChI is InChI=1S/C26H28N4O4S3/c1-26(2)20(24(33)34)30-22(32)18(23(30)37-26)27-21(31)19(17-11-7-4-8-12-17)29-14-28(25(35)36-15-29)13-16-9-5-3-6-10-16/h3-12,18-20,23H,13-15H2,1-2H3,(H,27,31)(H,33,34)/t18?,19?,20-,23+/m0/s1. The molecule has 0 spiro atoms. The van der Waals surface area contributed by atoms with Crippen molar-refractivity contribution in [2.45, 2.75) is 48.6 Å². The quantitative estimate of drug-likeness (QED) is 0.394. The number of carbonyl (C=O) groups excluding carboxylic acids is 2. The third-order valence-electron chi connectivity index (χ3n) is 6.88. The lowest BCUT2D eigenvalue weighted by Crippen LogP contribution is -2.71. The molecule has 0 saturated carbocycles. The molecule has 8 nitrogen and oxygen atoms in total. The maximum atomic E-state index is 13.8. The molecule has 0 radical (unpaired) electrons. The van der Waals surface area contributed by atoms with Gasteiger partial charge in [-0.05, 0) is 25.0 Å². The molecule has 2 amide bonds. The number of fused-ring (bicyclic) bond motifs is 1. The van der Waals surface area contributed by atoms with Crippen LogP contribution in [0.4, 0.5) is 0 Å². The summed E-state index contributed by atoms with van der Waals surface area (Å²) in [6.45, 7) is 4.74. The Bertz CT molecular complexity index is 1210. The number of amides is 2. The van der Waals surface area contributed by atoms with Gasteiger partial charge < -0.3 is 20.2 Å². The Labute approximate surface area is 229 Å². The highest BCUT2D eigenvalue weighted by atomic mass is 32.2. The fourth-order valence-electron chi connectivity index (χ4n) is 5.16. The number of carboxylic acids is 1. The second kappa shape index (κ2) is 10.3. The van der Waals surface area contributed by atoms with Crippen LogP contribution in [0.2, 0.25) is 0 Å². The third-order valence-corrected chi connectivity index (χ3v) is 10.0. The first-order valence-corrected chi connectivity index (χ1v) is 14.2. The van der Waals surface area contributed by atoms with Gasteiger partial charge in [0.2, 0.25) is 11.8 Å². The number of benzene rings is 2. The van der Waals surface area contributed by atoms with E-state index in [2.05, 4.69) is 15.1 Å². The van der Waals surface area contributed by atoms with Gasteiger partial charge in [0, 0.05) is 11.3 Å². The van der Waals surface area contributed by atoms with Crippen LogP contribution in [0.5, 0.6) is 0 Å². The van der Waals surface area contributed by atoms with Gasteiger partial charge >= 0.3 is 5.97 Å². The molecule has 37 heavy (non-hydrogen) atoms. The van der Waals surface area contributed by atoms with E-state index in [4.69, 9.17) is 12.2 Å². The van der Waals surface area contributed by atoms with Crippen LogP contribution in [-0.2, 0) is 20.9 Å². The molecule has 4 atom stereocenters. The number of β-lactam (4-membered cyclic amide) rings is 1. The van der Waals surface area contributed by atoms with Crippen LogP contribution in [0.3, 0.4) is 0 Å². The Morgan fingerprint density at radius 2 is 1.78 bits per heavy atom. The minimum absolute atomic E-state index is 0.283. The summed E-state index contributed by atoms with van der Waals surface area (Å²) in [6.07, 6.45) is 0. The van der Waals surface area contributed by atoms with Gasteiger partial charge in [-0.25, -0.2) is 4.79 Å². The van der Waals surface area contributed by atoms with Crippen molar-refractivity contribution in [1.82, 2.24) is 20.0 Å². The van der Waals surface area contributed by atoms with Crippen LogP contribution < -0.4 is 5.32 Å². The average molecular weight is 557 g/mol. The lowest BCUT2D eigenvalue weighted by Gasteiger charge is -2.45. The van der Waals surface area contributed by atoms with Gasteiger partial charge in [-0.2, -0.15) is 0 Å². The number of thiocarbonyl (C=S) groups is 1. The molecule has 2 N–H and O–H groups in total. The van der Waals surface area contributed by atoms with Crippen LogP contribution >= 0.6 is 35.7 Å². The second-order valence-electron chi connectivity index (χ2n) is 9.85. The van der Waals surface area contributed by atoms with Gasteiger partial charge in [-0.1, -0.05) is 84.6 Å². The summed E-state index contributed by atoms with van der Waals surface area (Å²) in [5, 5.41) is 12.3. The van der Waals surface area contributed by atoms with Crippen molar-refractivity contribution in [3.05, 3.63) is 71.8 Å². The van der Waals surface area contributed by atoms with Crippen LogP contribution in [0.1, 0.15) is 31.0 Å². The fourth-order valence-corrected chi connectivity index (χ4v) is 7.88. The summed E-state index contributed by atoms with van der Waals surface area (Å²) < 4.78 is 0.128. The summed E-state index contributed by atoms with van der Waals surface area (Å²) in [6, 6.07) is 17.2. The molecule has 0 aliphatic carbocycles. The van der Waals surface area contributed by atoms with Crippen LogP contribution in [0.25, 0.3) is 0 Å². The predicted molar refractivity (Wildman–Crippen MR) is 149 cm³/mol. The number of aliphatic carboxylic acids is 1. The number of nitrogens with zero attached hydrogens (tertiary/aromatic N) is 3. The van der Waals surface area contributed by atoms with E-state index in [9.17, 15) is 19.5 Å². The molecule has 2 aromatic carbocycles. The third kappa shape index (κ3) is 4.97. The Kier molecular flexibility index (Phi) is 7.23. The monoisotopic (exact) mass is 556 g/mol. The van der Waals surface area contributed by atoms with E-state index >= 15 is 0 Å². The van der Waals surface area contributed by atoms with Crippen molar-refractivity contribution in [2.75, 3.05) is 12.5 Å². The van der Waals surface area contributed by atoms with Crippen LogP contribution in [0, 0.1) is 0 Å². The number of carbonyl (C=O) groups is 3. The molecule has 2 aromatic rings. The van der Waals surface area contributed by atoms with E-state index in [0.717, 1.165) is 15.4 Å². The zero-order chi connectivity index (χ0) is 26.3. The van der Waals surface area contributed by atoms with Crippen molar-refractivity contribution in [2.24, 2.45) is 0 Å². The second-order valence-corrected chi connectivity index (χ2v) is 13.2. The van der Waals surface area contributed by atoms with Crippen molar-refractivity contribution in [1.29, 1.82) is 0 Å². The largest absolute Gasteiger partial charge is 0.480 e. The zero-order valence-electron chi connectivity index (χ0n) is 20.4. The normalized spacial score (nSPS) is 25.8. The van der Waals surface area contributed by atoms with E-state index < -0.39 is 34.2 Å². The van der Waals surface area contributed by atoms with E-state index in [0.29, 0.717) is 19.1 Å². The molecule has 3 aliphatic heterocycles. The zero-order valence-corrected chi connectivity index (χ0v) is 22.9. The highest BCUT2D eigenvalue weighted by Gasteiger charge is 2.64. The summed E-state index contributed by atoms with van der Waals surface area (Å²) in [5.41, 5.74) is 1.95. The minimum atomic E-state index is -1.03. The van der Waals surface area contributed by atoms with Crippen LogP contribution in [-0.4, -0.2) is 76.7 Å². The number of hydrogen-bond donors (Lipinski definition) is 2. The highest BCUT2D eigenvalue weighted by Crippen LogP contribution is 2.51. The molecule has 11 heteroatoms. The first-order valence-electron chi connectivity index (χ1n) is 11.9. The summed E-state index contributed by atoms with van der Waals surface area (Å²) in [4.78, 5) is 44.2. The number of rotatable bonds is 7. The Balaban J connectivity index is 1.35. The number of nitrogens with one attached hydrogen (secondary N) is 1. The van der Waals surface area contributed by atoms with Gasteiger partial charge in [-0.15, -0.1) is 11.8 Å². The first-order chi connectivity index (χ1) is 17.7. The van der Waals surface area contributed by atoms with Crippen molar-refractivity contribution >= 4 is 57.8 Å². The van der Waals surface area contributed by atoms with Gasteiger partial charge in [0.1, 0.15) is 27.8 Å². The SMILES string of the molecule is CC1(C)S[C@@H]2C(NC(=O)C(c3ccccc3)N3CSC(=S)N(Cc4ccccc4)C3)C(=O)N2[C@H]1C(=O)O. The molecule has 3 fully saturated rings. The van der Waals surface area contributed by atoms with Gasteiger partial charge in [-0.3, -0.25) is 14.5 Å². The molecule has 3 heterocycles. The number of hydrogen-bond acceptors (Lipinski definition) is 7. The molecular weight excluding hydrogens is 529 g/mol. The van der Waals surface area contributed by atoms with Crippen LogP contribution in [0.15, 0.2) is 60.7 Å². The molecule has 5 rings (SSSR count). The number of carboxylic acid groups (broad SMARTS) is 1. The lowest BCUT2D eigenvalue weighted by molar-refractivity contribution is -0.161. The molecule has 3 aliphatic rings. The molecular formula is C26H28N4O4S3. The molecule has 3 saturated heterocycles. The molecule has 0 aromatic heterocycles. The maximum absolute atomic E-state index is 13.8. The summed E-state index contributed by atoms with van der Waals surface area (Å²) >= 11 is 8.56. The molecule has 2 unspecified atom stereocenters. The van der Waals surface area contributed by atoms with Gasteiger partial charge in [0.05, 0.1) is 12.5 Å². The summed E-state index contributed by atoms with van der Waals surface area (Å²) in [7, 11) is 0. The van der Waals surface area contributed by atoms with Crippen molar-refractivity contribution in [3.8, 4) is 0 Å². The highest BCUT2D eigenvalue weighted by molar-refractivity contribution is 8.22. The minimum Gasteiger partial charge on any atom is -0.480 e. The predicted octanol–water partition coefficient (Wildman–Crippen LogP) is 3.11. The fraction of sp³-hybridized carbons (Fsp3) is 0.385. The Hall–Kier alpha value is -2.60. The molecule has 0 bridgehead atoms. The van der Waals surface area contributed by atoms with Gasteiger partial charge in [0.15, 0.2) is 0 Å². The average Bonchev–Trinajstić information content (AvgIpc) is 3.14. The smallest absolute Gasteiger partial charge is 0.327 e. The van der Waals surface area contributed by atoms with E-state index in [1.54, 1.807) is 0 Å². The van der Waals surface area contributed by atoms with E-state index in [1.807, 2.05) is 74.5 Å². The van der Waals surface area contributed by atoms with Gasteiger partial charge in [0.25, 0.3) is 0 Å². The topological polar surface area (TPSA) is 93.2 Å². The first kappa shape index (κ1) is 26.0. The van der Waals surface area contributed by atoms with E-state index in [1.165, 1.54) is 28.4 Å². The summed E-state index contributed by atoms with van der Waals surface area (Å²) in [5.74, 6) is -1.13. The lowest BCUT2D eigenvalue weighted by atomic mass is 9.95. The number of thioether (sulfide) groups is 2. The Morgan fingerprint density at radius 3 is 2.43 bits per heavy atom.